The summed E-state index contributed by atoms with van der Waals surface area (Å²) < 4.78 is 0. The van der Waals surface area contributed by atoms with E-state index in [0.717, 1.165) is 6.42 Å². The maximum absolute atomic E-state index is 2.39. The monoisotopic (exact) mass is 214 g/mol. The van der Waals surface area contributed by atoms with Gasteiger partial charge in [-0.3, -0.25) is 0 Å². The van der Waals surface area contributed by atoms with Crippen LogP contribution in [0.25, 0.3) is 0 Å². The molecule has 0 spiro atoms. The van der Waals surface area contributed by atoms with Crippen LogP contribution in [0.2, 0.25) is 0 Å². The number of rotatable bonds is 4. The summed E-state index contributed by atoms with van der Waals surface area (Å²) in [7, 11) is 0. The van der Waals surface area contributed by atoms with Gasteiger partial charge in [0.2, 0.25) is 0 Å². The molecule has 0 aromatic heterocycles. The molecule has 1 saturated carbocycles. The second-order valence-corrected chi connectivity index (χ2v) is 5.00. The second kappa shape index (κ2) is 4.86. The maximum Gasteiger partial charge on any atom is -0.0239 e. The summed E-state index contributed by atoms with van der Waals surface area (Å²) in [6.45, 7) is 6.77. The molecular formula is C16H22. The van der Waals surface area contributed by atoms with Gasteiger partial charge in [0.25, 0.3) is 0 Å². The summed E-state index contributed by atoms with van der Waals surface area (Å²) in [5.74, 6) is 0. The Morgan fingerprint density at radius 3 is 2.62 bits per heavy atom. The Morgan fingerprint density at radius 2 is 2.00 bits per heavy atom. The highest BCUT2D eigenvalue weighted by molar-refractivity contribution is 5.32. The van der Waals surface area contributed by atoms with Gasteiger partial charge in [-0.25, -0.2) is 0 Å². The lowest BCUT2D eigenvalue weighted by Gasteiger charge is -2.08. The number of hydrogen-bond acceptors (Lipinski definition) is 0. The predicted molar refractivity (Wildman–Crippen MR) is 70.8 cm³/mol. The Hall–Kier alpha value is -1.04. The third-order valence-corrected chi connectivity index (χ3v) is 3.69. The Kier molecular flexibility index (Phi) is 3.48. The minimum atomic E-state index is 1.15. The highest BCUT2D eigenvalue weighted by atomic mass is 14.2. The van der Waals surface area contributed by atoms with Crippen molar-refractivity contribution in [3.8, 4) is 0 Å². The standard InChI is InChI=1S/C16H22/c1-4-14-7-5-13(3)16(11-14)8-6-12(2)15-9-10-15/h5,7,11H,4,6,8-10H2,1-3H3. The van der Waals surface area contributed by atoms with E-state index < -0.39 is 0 Å². The van der Waals surface area contributed by atoms with E-state index in [1.165, 1.54) is 36.8 Å². The molecule has 0 unspecified atom stereocenters. The average molecular weight is 214 g/mol. The number of benzene rings is 1. The first-order valence-corrected chi connectivity index (χ1v) is 6.46. The predicted octanol–water partition coefficient (Wildman–Crippen LogP) is 4.60. The fourth-order valence-electron chi connectivity index (χ4n) is 2.20. The van der Waals surface area contributed by atoms with E-state index in [4.69, 9.17) is 0 Å². The van der Waals surface area contributed by atoms with E-state index >= 15 is 0 Å². The van der Waals surface area contributed by atoms with E-state index in [1.54, 1.807) is 16.7 Å². The topological polar surface area (TPSA) is 0 Å². The van der Waals surface area contributed by atoms with Crippen molar-refractivity contribution in [1.29, 1.82) is 0 Å². The molecule has 1 fully saturated rings. The second-order valence-electron chi connectivity index (χ2n) is 5.00. The minimum absolute atomic E-state index is 1.15. The molecule has 0 radical (unpaired) electrons. The molecule has 0 heteroatoms. The summed E-state index contributed by atoms with van der Waals surface area (Å²) in [6.07, 6.45) is 6.34. The molecule has 0 heterocycles. The van der Waals surface area contributed by atoms with Crippen molar-refractivity contribution >= 4 is 0 Å². The fourth-order valence-corrected chi connectivity index (χ4v) is 2.20. The molecule has 0 bridgehead atoms. The van der Waals surface area contributed by atoms with Gasteiger partial charge < -0.3 is 0 Å². The van der Waals surface area contributed by atoms with E-state index in [-0.39, 0.29) is 0 Å². The molecule has 16 heavy (non-hydrogen) atoms. The van der Waals surface area contributed by atoms with Crippen LogP contribution in [0.4, 0.5) is 0 Å². The van der Waals surface area contributed by atoms with Gasteiger partial charge in [0.05, 0.1) is 0 Å². The van der Waals surface area contributed by atoms with Crippen LogP contribution in [0.5, 0.6) is 0 Å². The van der Waals surface area contributed by atoms with Crippen molar-refractivity contribution in [2.45, 2.75) is 52.9 Å². The van der Waals surface area contributed by atoms with E-state index in [1.807, 2.05) is 0 Å². The SMILES string of the molecule is CCc1ccc(C)c(CCC(C)=C2CC2)c1. The molecule has 1 aliphatic rings. The number of allylic oxidation sites excluding steroid dienone is 2. The zero-order chi connectivity index (χ0) is 11.5. The highest BCUT2D eigenvalue weighted by Gasteiger charge is 2.14. The van der Waals surface area contributed by atoms with Gasteiger partial charge in [-0.2, -0.15) is 0 Å². The highest BCUT2D eigenvalue weighted by Crippen LogP contribution is 2.33. The van der Waals surface area contributed by atoms with Crippen LogP contribution in [-0.2, 0) is 12.8 Å². The zero-order valence-corrected chi connectivity index (χ0v) is 10.8. The van der Waals surface area contributed by atoms with Gasteiger partial charge in [0, 0.05) is 0 Å². The third kappa shape index (κ3) is 2.75. The molecule has 0 atom stereocenters. The molecule has 86 valence electrons. The quantitative estimate of drug-likeness (QED) is 0.642. The minimum Gasteiger partial charge on any atom is -0.0738 e. The zero-order valence-electron chi connectivity index (χ0n) is 10.8. The lowest BCUT2D eigenvalue weighted by atomic mass is 9.98. The molecule has 1 aromatic carbocycles. The first-order valence-electron chi connectivity index (χ1n) is 6.46. The van der Waals surface area contributed by atoms with Crippen molar-refractivity contribution in [1.82, 2.24) is 0 Å². The normalized spacial score (nSPS) is 14.1. The van der Waals surface area contributed by atoms with Gasteiger partial charge >= 0.3 is 0 Å². The Morgan fingerprint density at radius 1 is 1.25 bits per heavy atom. The maximum atomic E-state index is 2.39. The fraction of sp³-hybridized carbons (Fsp3) is 0.500. The molecule has 0 aliphatic heterocycles. The lowest BCUT2D eigenvalue weighted by Crippen LogP contribution is -1.93. The molecule has 2 rings (SSSR count). The van der Waals surface area contributed by atoms with Gasteiger partial charge in [0.15, 0.2) is 0 Å². The first kappa shape index (κ1) is 11.4. The van der Waals surface area contributed by atoms with Crippen molar-refractivity contribution < 1.29 is 0 Å². The first-order chi connectivity index (χ1) is 7.70. The van der Waals surface area contributed by atoms with Crippen LogP contribution in [-0.4, -0.2) is 0 Å². The Bertz CT molecular complexity index is 404. The van der Waals surface area contributed by atoms with Crippen molar-refractivity contribution in [2.75, 3.05) is 0 Å². The van der Waals surface area contributed by atoms with E-state index in [2.05, 4.69) is 39.0 Å². The lowest BCUT2D eigenvalue weighted by molar-refractivity contribution is 0.921. The summed E-state index contributed by atoms with van der Waals surface area (Å²) >= 11 is 0. The molecule has 0 nitrogen and oxygen atoms in total. The summed E-state index contributed by atoms with van der Waals surface area (Å²) in [4.78, 5) is 0. The average Bonchev–Trinajstić information content (AvgIpc) is 3.11. The van der Waals surface area contributed by atoms with Crippen LogP contribution >= 0.6 is 0 Å². The largest absolute Gasteiger partial charge is 0.0738 e. The van der Waals surface area contributed by atoms with Crippen LogP contribution < -0.4 is 0 Å². The van der Waals surface area contributed by atoms with Crippen LogP contribution in [0.15, 0.2) is 29.3 Å². The number of hydrogen-bond donors (Lipinski definition) is 0. The molecule has 0 saturated heterocycles. The van der Waals surface area contributed by atoms with Gasteiger partial charge in [0.1, 0.15) is 0 Å². The summed E-state index contributed by atoms with van der Waals surface area (Å²) in [5.41, 5.74) is 7.81. The Labute approximate surface area is 99.4 Å². The molecule has 1 aliphatic carbocycles. The molecule has 1 aromatic rings. The van der Waals surface area contributed by atoms with Gasteiger partial charge in [-0.05, 0) is 62.6 Å². The summed E-state index contributed by atoms with van der Waals surface area (Å²) in [6, 6.07) is 6.92. The Balaban J connectivity index is 2.05. The van der Waals surface area contributed by atoms with Crippen LogP contribution in [0.1, 0.15) is 49.8 Å². The molecule has 0 amide bonds. The molecule has 0 N–H and O–H groups in total. The number of aryl methyl sites for hydroxylation is 3. The van der Waals surface area contributed by atoms with Gasteiger partial charge in [-0.15, -0.1) is 0 Å². The van der Waals surface area contributed by atoms with Crippen LogP contribution in [0.3, 0.4) is 0 Å². The van der Waals surface area contributed by atoms with Crippen molar-refractivity contribution in [3.63, 3.8) is 0 Å². The van der Waals surface area contributed by atoms with Crippen LogP contribution in [0, 0.1) is 6.92 Å². The summed E-state index contributed by atoms with van der Waals surface area (Å²) in [5, 5.41) is 0. The molecular weight excluding hydrogens is 192 g/mol. The smallest absolute Gasteiger partial charge is 0.0239 e. The third-order valence-electron chi connectivity index (χ3n) is 3.69. The van der Waals surface area contributed by atoms with Crippen molar-refractivity contribution in [2.24, 2.45) is 0 Å². The van der Waals surface area contributed by atoms with E-state index in [0.29, 0.717) is 0 Å². The van der Waals surface area contributed by atoms with Crippen molar-refractivity contribution in [3.05, 3.63) is 46.0 Å². The van der Waals surface area contributed by atoms with Gasteiger partial charge in [-0.1, -0.05) is 36.3 Å². The van der Waals surface area contributed by atoms with E-state index in [9.17, 15) is 0 Å².